The van der Waals surface area contributed by atoms with Crippen molar-refractivity contribution < 1.29 is 80.2 Å². The Bertz CT molecular complexity index is 1790. The van der Waals surface area contributed by atoms with Crippen LogP contribution in [0, 0.1) is 11.8 Å². The zero-order valence-corrected chi connectivity index (χ0v) is 61.6. The van der Waals surface area contributed by atoms with Crippen molar-refractivity contribution >= 4 is 39.5 Å². The van der Waals surface area contributed by atoms with Crippen LogP contribution in [0.2, 0.25) is 0 Å². The minimum Gasteiger partial charge on any atom is -0.462 e. The van der Waals surface area contributed by atoms with E-state index in [1.165, 1.54) is 186 Å². The molecule has 0 aromatic heterocycles. The first-order valence-electron chi connectivity index (χ1n) is 38.0. The molecule has 0 aromatic carbocycles. The Morgan fingerprint density at radius 2 is 0.500 bits per heavy atom. The summed E-state index contributed by atoms with van der Waals surface area (Å²) in [4.78, 5) is 72.6. The molecule has 0 amide bonds. The van der Waals surface area contributed by atoms with Gasteiger partial charge in [0.05, 0.1) is 26.4 Å². The van der Waals surface area contributed by atoms with E-state index in [0.29, 0.717) is 31.6 Å². The predicted molar refractivity (Wildman–Crippen MR) is 372 cm³/mol. The lowest BCUT2D eigenvalue weighted by atomic mass is 10.0. The van der Waals surface area contributed by atoms with Crippen LogP contribution in [0.1, 0.15) is 375 Å². The van der Waals surface area contributed by atoms with Crippen LogP contribution in [-0.4, -0.2) is 96.7 Å². The van der Waals surface area contributed by atoms with Gasteiger partial charge in [0.2, 0.25) is 0 Å². The van der Waals surface area contributed by atoms with E-state index in [9.17, 15) is 43.2 Å². The normalized spacial score (nSPS) is 14.1. The molecule has 0 aliphatic carbocycles. The maximum atomic E-state index is 13.0. The van der Waals surface area contributed by atoms with E-state index in [2.05, 4.69) is 41.5 Å². The number of phosphoric ester groups is 2. The van der Waals surface area contributed by atoms with Crippen molar-refractivity contribution in [3.05, 3.63) is 0 Å². The maximum Gasteiger partial charge on any atom is 0.472 e. The number of aliphatic hydroxyl groups is 1. The number of rotatable bonds is 72. The van der Waals surface area contributed by atoms with Crippen molar-refractivity contribution in [2.75, 3.05) is 39.6 Å². The number of carbonyl (C=O) groups excluding carboxylic acids is 4. The van der Waals surface area contributed by atoms with Crippen molar-refractivity contribution in [1.82, 2.24) is 0 Å². The maximum absolute atomic E-state index is 13.0. The smallest absolute Gasteiger partial charge is 0.462 e. The molecular weight excluding hydrogens is 1210 g/mol. The summed E-state index contributed by atoms with van der Waals surface area (Å²) < 4.78 is 68.3. The summed E-state index contributed by atoms with van der Waals surface area (Å²) in [6.45, 7) is 9.44. The molecule has 0 aromatic rings. The molecule has 19 heteroatoms. The first-order valence-corrected chi connectivity index (χ1v) is 41.0. The number of phosphoric acid groups is 2. The van der Waals surface area contributed by atoms with Crippen molar-refractivity contribution in [2.24, 2.45) is 11.8 Å². The number of hydrogen-bond donors (Lipinski definition) is 3. The van der Waals surface area contributed by atoms with Gasteiger partial charge in [0.1, 0.15) is 19.3 Å². The van der Waals surface area contributed by atoms with Crippen LogP contribution in [0.4, 0.5) is 0 Å². The third kappa shape index (κ3) is 66.7. The van der Waals surface area contributed by atoms with Crippen molar-refractivity contribution in [2.45, 2.75) is 394 Å². The zero-order valence-electron chi connectivity index (χ0n) is 59.9. The van der Waals surface area contributed by atoms with Gasteiger partial charge in [-0.3, -0.25) is 37.3 Å². The lowest BCUT2D eigenvalue weighted by Gasteiger charge is -2.21. The highest BCUT2D eigenvalue weighted by Crippen LogP contribution is 2.45. The van der Waals surface area contributed by atoms with Gasteiger partial charge in [-0.2, -0.15) is 0 Å². The molecule has 17 nitrogen and oxygen atoms in total. The molecule has 0 aliphatic heterocycles. The average molecular weight is 1350 g/mol. The van der Waals surface area contributed by atoms with E-state index >= 15 is 0 Å². The minimum atomic E-state index is -4.95. The Kier molecular flexibility index (Phi) is 63.7. The molecular formula is C73H142O17P2. The van der Waals surface area contributed by atoms with Crippen LogP contribution in [0.25, 0.3) is 0 Å². The second-order valence-corrected chi connectivity index (χ2v) is 30.2. The summed E-state index contributed by atoms with van der Waals surface area (Å²) >= 11 is 0. The Labute approximate surface area is 562 Å². The fraction of sp³-hybridized carbons (Fsp3) is 0.945. The number of aliphatic hydroxyl groups excluding tert-OH is 1. The lowest BCUT2D eigenvalue weighted by molar-refractivity contribution is -0.161. The highest BCUT2D eigenvalue weighted by atomic mass is 31.2. The van der Waals surface area contributed by atoms with Gasteiger partial charge in [0.25, 0.3) is 0 Å². The summed E-state index contributed by atoms with van der Waals surface area (Å²) in [5, 5.41) is 10.6. The highest BCUT2D eigenvalue weighted by Gasteiger charge is 2.30. The molecule has 0 spiro atoms. The summed E-state index contributed by atoms with van der Waals surface area (Å²) in [5.41, 5.74) is 0. The van der Waals surface area contributed by atoms with Crippen LogP contribution >= 0.6 is 15.6 Å². The monoisotopic (exact) mass is 1350 g/mol. The third-order valence-corrected chi connectivity index (χ3v) is 18.9. The first kappa shape index (κ1) is 90.1. The standard InChI is InChI=1S/C73H142O17P2/c1-7-9-11-13-15-17-19-21-22-23-24-25-26-27-28-30-32-37-45-51-57-72(77)89-68(61-83-70(75)55-49-43-36-31-29-20-18-16-14-12-10-8-2)63-87-91(79,80)85-59-67(74)60-86-92(81,82)88-64-69(62-84-71(76)56-50-44-40-39-42-48-54-66(5)6)90-73(78)58-52-46-38-34-33-35-41-47-53-65(3)4/h65-69,74H,7-64H2,1-6H3,(H,79,80)(H,81,82)/t67-,68-,69-/m1/s1. The molecule has 0 radical (unpaired) electrons. The molecule has 5 atom stereocenters. The van der Waals surface area contributed by atoms with Crippen LogP contribution < -0.4 is 0 Å². The van der Waals surface area contributed by atoms with Gasteiger partial charge in [-0.25, -0.2) is 9.13 Å². The SMILES string of the molecule is CCCCCCCCCCCCCCCCCCCCCCC(=O)O[C@H](COC(=O)CCCCCCCCCCCCCC)COP(=O)(O)OC[C@@H](O)COP(=O)(O)OC[C@@H](COC(=O)CCCCCCCCC(C)C)OC(=O)CCCCCCCCCCC(C)C. The molecule has 0 heterocycles. The van der Waals surface area contributed by atoms with E-state index in [1.54, 1.807) is 0 Å². The number of unbranched alkanes of at least 4 members (excludes halogenated alkanes) is 42. The molecule has 3 N–H and O–H groups in total. The fourth-order valence-electron chi connectivity index (χ4n) is 11.1. The minimum absolute atomic E-state index is 0.104. The fourth-order valence-corrected chi connectivity index (χ4v) is 12.7. The van der Waals surface area contributed by atoms with E-state index < -0.39 is 97.5 Å². The molecule has 2 unspecified atom stereocenters. The number of esters is 4. The van der Waals surface area contributed by atoms with Gasteiger partial charge >= 0.3 is 39.5 Å². The van der Waals surface area contributed by atoms with Gasteiger partial charge in [0.15, 0.2) is 12.2 Å². The zero-order chi connectivity index (χ0) is 67.9. The Morgan fingerprint density at radius 1 is 0.293 bits per heavy atom. The van der Waals surface area contributed by atoms with E-state index in [1.807, 2.05) is 0 Å². The van der Waals surface area contributed by atoms with Gasteiger partial charge in [-0.1, -0.05) is 324 Å². The molecule has 0 bridgehead atoms. The quantitative estimate of drug-likeness (QED) is 0.0222. The van der Waals surface area contributed by atoms with Crippen molar-refractivity contribution in [1.29, 1.82) is 0 Å². The Hall–Kier alpha value is -1.94. The Morgan fingerprint density at radius 3 is 0.739 bits per heavy atom. The topological polar surface area (TPSA) is 237 Å². The van der Waals surface area contributed by atoms with Crippen LogP contribution in [0.5, 0.6) is 0 Å². The van der Waals surface area contributed by atoms with E-state index in [0.717, 1.165) is 102 Å². The molecule has 0 fully saturated rings. The number of ether oxygens (including phenoxy) is 4. The lowest BCUT2D eigenvalue weighted by Crippen LogP contribution is -2.30. The molecule has 546 valence electrons. The molecule has 0 saturated heterocycles. The van der Waals surface area contributed by atoms with E-state index in [4.69, 9.17) is 37.0 Å². The number of hydrogen-bond acceptors (Lipinski definition) is 15. The molecule has 0 aliphatic rings. The summed E-state index contributed by atoms with van der Waals surface area (Å²) in [6.07, 6.45) is 51.6. The van der Waals surface area contributed by atoms with E-state index in [-0.39, 0.29) is 25.7 Å². The van der Waals surface area contributed by atoms with Gasteiger partial charge in [0, 0.05) is 25.7 Å². The average Bonchev–Trinajstić information content (AvgIpc) is 2.72. The second-order valence-electron chi connectivity index (χ2n) is 27.3. The van der Waals surface area contributed by atoms with Crippen molar-refractivity contribution in [3.8, 4) is 0 Å². The van der Waals surface area contributed by atoms with Crippen LogP contribution in [0.3, 0.4) is 0 Å². The largest absolute Gasteiger partial charge is 0.472 e. The number of carbonyl (C=O) groups is 4. The molecule has 92 heavy (non-hydrogen) atoms. The second kappa shape index (κ2) is 65.0. The summed E-state index contributed by atoms with van der Waals surface area (Å²) in [7, 11) is -9.90. The van der Waals surface area contributed by atoms with Gasteiger partial charge < -0.3 is 33.8 Å². The predicted octanol–water partition coefficient (Wildman–Crippen LogP) is 21.2. The molecule has 0 rings (SSSR count). The van der Waals surface area contributed by atoms with Crippen molar-refractivity contribution in [3.63, 3.8) is 0 Å². The van der Waals surface area contributed by atoms with Gasteiger partial charge in [-0.15, -0.1) is 0 Å². The van der Waals surface area contributed by atoms with Gasteiger partial charge in [-0.05, 0) is 37.5 Å². The molecule has 0 saturated carbocycles. The summed E-state index contributed by atoms with van der Waals surface area (Å²) in [6, 6.07) is 0. The van der Waals surface area contributed by atoms with Crippen LogP contribution in [0.15, 0.2) is 0 Å². The third-order valence-electron chi connectivity index (χ3n) is 17.0. The summed E-state index contributed by atoms with van der Waals surface area (Å²) in [5.74, 6) is -0.726. The first-order chi connectivity index (χ1) is 44.4. The Balaban J connectivity index is 5.19. The van der Waals surface area contributed by atoms with Crippen LogP contribution in [-0.2, 0) is 65.4 Å². The highest BCUT2D eigenvalue weighted by molar-refractivity contribution is 7.47.